The van der Waals surface area contributed by atoms with Crippen molar-refractivity contribution in [3.8, 4) is 0 Å². The molecule has 0 radical (unpaired) electrons. The number of carbonyl (C=O) groups is 6. The predicted octanol–water partition coefficient (Wildman–Crippen LogP) is 7.74. The normalized spacial score (nSPS) is 26.6. The molecule has 9 aliphatic rings. The van der Waals surface area contributed by atoms with E-state index in [0.717, 1.165) is 170 Å². The van der Waals surface area contributed by atoms with Gasteiger partial charge in [-0.25, -0.2) is 14.4 Å². The zero-order valence-electron chi connectivity index (χ0n) is 49.6. The molecule has 0 aromatic heterocycles. The molecule has 0 N–H and O–H groups in total. The van der Waals surface area contributed by atoms with Crippen LogP contribution in [0.2, 0.25) is 0 Å². The topological polar surface area (TPSA) is 159 Å². The van der Waals surface area contributed by atoms with Gasteiger partial charge < -0.3 is 43.6 Å². The van der Waals surface area contributed by atoms with Crippen LogP contribution in [0.25, 0.3) is 0 Å². The van der Waals surface area contributed by atoms with Gasteiger partial charge in [0, 0.05) is 130 Å². The molecule has 3 atom stereocenters. The van der Waals surface area contributed by atoms with E-state index < -0.39 is 0 Å². The second-order valence-corrected chi connectivity index (χ2v) is 25.3. The quantitative estimate of drug-likeness (QED) is 0.222. The monoisotopic (exact) mass is 1110 g/mol. The SMILES string of the molecule is COC(=O)N1CCC(C)(N2CCC(N3C(=O)Cc4ccc(C)cc43)CC2)C1.COC(=O)N1CCC(C)(N2CCC(N3C(=O)Cc4ccc(C)cc43)CC2)C1.COC(=O)N1CCC(C)(N2CCC(N3C(=O)Cc4ccc(C)cc43)CC2)C1. The molecule has 0 bridgehead atoms. The molecule has 438 valence electrons. The van der Waals surface area contributed by atoms with E-state index in [9.17, 15) is 28.8 Å². The molecule has 81 heavy (non-hydrogen) atoms. The van der Waals surface area contributed by atoms with Crippen molar-refractivity contribution in [1.82, 2.24) is 29.4 Å². The fraction of sp³-hybridized carbons (Fsp3) is 0.619. The van der Waals surface area contributed by atoms with E-state index in [1.807, 2.05) is 0 Å². The number of fused-ring (bicyclic) bond motifs is 3. The van der Waals surface area contributed by atoms with E-state index in [2.05, 4.69) is 126 Å². The number of benzene rings is 3. The van der Waals surface area contributed by atoms with Gasteiger partial charge in [-0.05, 0) is 151 Å². The predicted molar refractivity (Wildman–Crippen MR) is 312 cm³/mol. The number of anilines is 3. The summed E-state index contributed by atoms with van der Waals surface area (Å²) in [6.07, 6.45) is 9.67. The highest BCUT2D eigenvalue weighted by molar-refractivity contribution is 6.03. The summed E-state index contributed by atoms with van der Waals surface area (Å²) in [4.78, 5) is 92.5. The standard InChI is InChI=1S/3C21H29N3O3/c3*1-15-4-5-16-13-19(25)24(18(16)12-15)17-6-9-23(10-7-17)21(2)8-11-22(14-21)20(26)27-3/h3*4-5,12,17H,6-11,13-14H2,1-3H3. The van der Waals surface area contributed by atoms with Crippen molar-refractivity contribution < 1.29 is 43.0 Å². The van der Waals surface area contributed by atoms with Gasteiger partial charge in [-0.2, -0.15) is 0 Å². The Morgan fingerprint density at radius 1 is 0.407 bits per heavy atom. The van der Waals surface area contributed by atoms with Crippen LogP contribution in [0, 0.1) is 20.8 Å². The van der Waals surface area contributed by atoms with E-state index in [4.69, 9.17) is 14.2 Å². The highest BCUT2D eigenvalue weighted by atomic mass is 16.5. The number of likely N-dealkylation sites (tertiary alicyclic amines) is 6. The fourth-order valence-electron chi connectivity index (χ4n) is 14.9. The number of amides is 6. The van der Waals surface area contributed by atoms with Crippen LogP contribution in [0.3, 0.4) is 0 Å². The average molecular weight is 1110 g/mol. The number of aryl methyl sites for hydroxylation is 3. The van der Waals surface area contributed by atoms with E-state index in [1.54, 1.807) is 14.7 Å². The maximum Gasteiger partial charge on any atom is 0.409 e. The minimum atomic E-state index is -0.233. The van der Waals surface area contributed by atoms with Crippen molar-refractivity contribution >= 4 is 53.1 Å². The Morgan fingerprint density at radius 3 is 0.889 bits per heavy atom. The van der Waals surface area contributed by atoms with Crippen molar-refractivity contribution in [3.63, 3.8) is 0 Å². The zero-order valence-corrected chi connectivity index (χ0v) is 49.6. The third-order valence-electron chi connectivity index (χ3n) is 19.8. The molecule has 3 unspecified atom stereocenters. The Labute approximate surface area is 479 Å². The van der Waals surface area contributed by atoms with Gasteiger partial charge in [-0.15, -0.1) is 0 Å². The van der Waals surface area contributed by atoms with Crippen molar-refractivity contribution in [1.29, 1.82) is 0 Å². The Balaban J connectivity index is 0.000000136. The lowest BCUT2D eigenvalue weighted by Crippen LogP contribution is -2.55. The van der Waals surface area contributed by atoms with Crippen LogP contribution in [-0.2, 0) is 47.9 Å². The number of nitrogens with zero attached hydrogens (tertiary/aromatic N) is 9. The van der Waals surface area contributed by atoms with Crippen LogP contribution in [0.1, 0.15) is 112 Å². The van der Waals surface area contributed by atoms with Gasteiger partial charge in [-0.1, -0.05) is 36.4 Å². The number of rotatable bonds is 6. The number of hydrogen-bond donors (Lipinski definition) is 0. The molecule has 0 aliphatic carbocycles. The smallest absolute Gasteiger partial charge is 0.409 e. The van der Waals surface area contributed by atoms with Crippen molar-refractivity contribution in [2.75, 3.05) is 115 Å². The highest BCUT2D eigenvalue weighted by Gasteiger charge is 2.47. The molecule has 6 amide bonds. The number of piperidine rings is 3. The van der Waals surface area contributed by atoms with Gasteiger partial charge in [0.05, 0.1) is 40.6 Å². The maximum atomic E-state index is 12.6. The Bertz CT molecular complexity index is 2570. The van der Waals surface area contributed by atoms with Gasteiger partial charge in [0.25, 0.3) is 0 Å². The van der Waals surface area contributed by atoms with Crippen LogP contribution in [-0.4, -0.2) is 200 Å². The van der Waals surface area contributed by atoms with E-state index in [-0.39, 0.29) is 70.7 Å². The lowest BCUT2D eigenvalue weighted by molar-refractivity contribution is -0.118. The molecule has 0 spiro atoms. The van der Waals surface area contributed by atoms with Crippen molar-refractivity contribution in [2.45, 2.75) is 153 Å². The van der Waals surface area contributed by atoms with Crippen LogP contribution < -0.4 is 14.7 Å². The molecule has 12 rings (SSSR count). The first-order valence-electron chi connectivity index (χ1n) is 29.7. The summed E-state index contributed by atoms with van der Waals surface area (Å²) in [5, 5.41) is 0. The van der Waals surface area contributed by atoms with Crippen LogP contribution >= 0.6 is 0 Å². The zero-order chi connectivity index (χ0) is 57.5. The second kappa shape index (κ2) is 23.6. The third-order valence-corrected chi connectivity index (χ3v) is 19.8. The van der Waals surface area contributed by atoms with Crippen molar-refractivity contribution in [3.05, 3.63) is 88.0 Å². The summed E-state index contributed by atoms with van der Waals surface area (Å²) in [5.41, 5.74) is 10.4. The van der Waals surface area contributed by atoms with E-state index in [0.29, 0.717) is 19.3 Å². The molecule has 6 fully saturated rings. The molecule has 6 saturated heterocycles. The van der Waals surface area contributed by atoms with Crippen LogP contribution in [0.5, 0.6) is 0 Å². The molecular formula is C63H87N9O9. The summed E-state index contributed by atoms with van der Waals surface area (Å²) in [7, 11) is 4.32. The van der Waals surface area contributed by atoms with Gasteiger partial charge >= 0.3 is 18.3 Å². The third kappa shape index (κ3) is 11.8. The lowest BCUT2D eigenvalue weighted by Gasteiger charge is -2.44. The van der Waals surface area contributed by atoms with E-state index in [1.165, 1.54) is 38.0 Å². The fourth-order valence-corrected chi connectivity index (χ4v) is 14.9. The number of methoxy groups -OCH3 is 3. The molecule has 18 heteroatoms. The second-order valence-electron chi connectivity index (χ2n) is 25.3. The molecular weight excluding hydrogens is 1030 g/mol. The van der Waals surface area contributed by atoms with Crippen LogP contribution in [0.15, 0.2) is 54.6 Å². The summed E-state index contributed by atoms with van der Waals surface area (Å²) >= 11 is 0. The minimum absolute atomic E-state index is 0.00265. The first-order valence-corrected chi connectivity index (χ1v) is 29.7. The molecule has 9 aliphatic heterocycles. The molecule has 18 nitrogen and oxygen atoms in total. The first-order chi connectivity index (χ1) is 38.7. The molecule has 0 saturated carbocycles. The largest absolute Gasteiger partial charge is 0.453 e. The van der Waals surface area contributed by atoms with Gasteiger partial charge in [0.1, 0.15) is 0 Å². The summed E-state index contributed by atoms with van der Waals surface area (Å²) in [5.74, 6) is 0.703. The number of ether oxygens (including phenoxy) is 3. The Kier molecular flexibility index (Phi) is 16.9. The summed E-state index contributed by atoms with van der Waals surface area (Å²) < 4.78 is 14.6. The molecule has 3 aromatic rings. The van der Waals surface area contributed by atoms with Gasteiger partial charge in [-0.3, -0.25) is 29.1 Å². The molecule has 3 aromatic carbocycles. The van der Waals surface area contributed by atoms with E-state index >= 15 is 0 Å². The first kappa shape index (κ1) is 58.0. The Hall–Kier alpha value is -6.24. The maximum absolute atomic E-state index is 12.6. The summed E-state index contributed by atoms with van der Waals surface area (Å²) in [6, 6.07) is 19.8. The van der Waals surface area contributed by atoms with Crippen molar-refractivity contribution in [2.24, 2.45) is 0 Å². The Morgan fingerprint density at radius 2 is 0.654 bits per heavy atom. The lowest BCUT2D eigenvalue weighted by atomic mass is 9.93. The van der Waals surface area contributed by atoms with Gasteiger partial charge in [0.15, 0.2) is 0 Å². The number of hydrogen-bond acceptors (Lipinski definition) is 12. The highest BCUT2D eigenvalue weighted by Crippen LogP contribution is 2.41. The number of carbonyl (C=O) groups excluding carboxylic acids is 6. The molecule has 9 heterocycles. The van der Waals surface area contributed by atoms with Crippen LogP contribution in [0.4, 0.5) is 31.4 Å². The summed E-state index contributed by atoms with van der Waals surface area (Å²) in [6.45, 7) is 23.1. The minimum Gasteiger partial charge on any atom is -0.453 e. The average Bonchev–Trinajstić information content (AvgIpc) is 4.36. The van der Waals surface area contributed by atoms with Gasteiger partial charge in [0.2, 0.25) is 17.7 Å².